The maximum absolute atomic E-state index is 12.3. The number of piperidine rings is 1. The third-order valence-electron chi connectivity index (χ3n) is 3.72. The number of aryl methyl sites for hydroxylation is 1. The van der Waals surface area contributed by atoms with Crippen LogP contribution in [0.2, 0.25) is 0 Å². The van der Waals surface area contributed by atoms with Gasteiger partial charge < -0.3 is 15.5 Å². The summed E-state index contributed by atoms with van der Waals surface area (Å²) in [5, 5.41) is 6.41. The van der Waals surface area contributed by atoms with Crippen molar-refractivity contribution >= 4 is 24.0 Å². The lowest BCUT2D eigenvalue weighted by Gasteiger charge is -2.23. The molecule has 2 rings (SSSR count). The highest BCUT2D eigenvalue weighted by molar-refractivity contribution is 5.93. The van der Waals surface area contributed by atoms with Crippen LogP contribution in [0.3, 0.4) is 0 Å². The SMILES string of the molecule is Cc1ccc(NC(=O)C2CCNCC2)c(CN(C)C)c1.Cl. The maximum Gasteiger partial charge on any atom is 0.227 e. The molecule has 0 saturated carbocycles. The Hall–Kier alpha value is -1.10. The number of amides is 1. The van der Waals surface area contributed by atoms with E-state index in [9.17, 15) is 4.79 Å². The predicted octanol–water partition coefficient (Wildman–Crippen LogP) is 2.42. The van der Waals surface area contributed by atoms with Gasteiger partial charge in [0.1, 0.15) is 0 Å². The molecule has 0 aromatic heterocycles. The van der Waals surface area contributed by atoms with Crippen molar-refractivity contribution in [3.63, 3.8) is 0 Å². The highest BCUT2D eigenvalue weighted by atomic mass is 35.5. The Balaban J connectivity index is 0.00000220. The molecule has 0 atom stereocenters. The molecule has 0 radical (unpaired) electrons. The first-order chi connectivity index (χ1) is 9.56. The van der Waals surface area contributed by atoms with E-state index in [1.54, 1.807) is 0 Å². The van der Waals surface area contributed by atoms with Gasteiger partial charge in [0.05, 0.1) is 0 Å². The molecule has 21 heavy (non-hydrogen) atoms. The fourth-order valence-corrected chi connectivity index (χ4v) is 2.63. The van der Waals surface area contributed by atoms with Crippen molar-refractivity contribution < 1.29 is 4.79 Å². The van der Waals surface area contributed by atoms with Crippen LogP contribution in [0.4, 0.5) is 5.69 Å². The number of rotatable bonds is 4. The summed E-state index contributed by atoms with van der Waals surface area (Å²) < 4.78 is 0. The molecule has 0 spiro atoms. The number of halogens is 1. The summed E-state index contributed by atoms with van der Waals surface area (Å²) in [5.74, 6) is 0.306. The monoisotopic (exact) mass is 311 g/mol. The molecule has 0 aliphatic carbocycles. The zero-order valence-corrected chi connectivity index (χ0v) is 13.9. The molecule has 4 nitrogen and oxygen atoms in total. The molecule has 2 N–H and O–H groups in total. The highest BCUT2D eigenvalue weighted by Gasteiger charge is 2.21. The van der Waals surface area contributed by atoms with Crippen LogP contribution in [-0.2, 0) is 11.3 Å². The molecule has 1 amide bonds. The fraction of sp³-hybridized carbons (Fsp3) is 0.562. The second kappa shape index (κ2) is 8.37. The quantitative estimate of drug-likeness (QED) is 0.897. The van der Waals surface area contributed by atoms with Crippen molar-refractivity contribution in [3.8, 4) is 0 Å². The van der Waals surface area contributed by atoms with Gasteiger partial charge in [0, 0.05) is 18.2 Å². The van der Waals surface area contributed by atoms with Gasteiger partial charge in [-0.15, -0.1) is 12.4 Å². The maximum atomic E-state index is 12.3. The van der Waals surface area contributed by atoms with Crippen LogP contribution in [0, 0.1) is 12.8 Å². The van der Waals surface area contributed by atoms with Gasteiger partial charge in [-0.3, -0.25) is 4.79 Å². The van der Waals surface area contributed by atoms with Crippen LogP contribution < -0.4 is 10.6 Å². The summed E-state index contributed by atoms with van der Waals surface area (Å²) in [7, 11) is 4.08. The van der Waals surface area contributed by atoms with Gasteiger partial charge in [0.15, 0.2) is 0 Å². The minimum absolute atomic E-state index is 0. The lowest BCUT2D eigenvalue weighted by atomic mass is 9.97. The van der Waals surface area contributed by atoms with Crippen molar-refractivity contribution in [2.45, 2.75) is 26.3 Å². The van der Waals surface area contributed by atoms with E-state index in [2.05, 4.69) is 34.6 Å². The fourth-order valence-electron chi connectivity index (χ4n) is 2.63. The van der Waals surface area contributed by atoms with Crippen LogP contribution >= 0.6 is 12.4 Å². The number of nitrogens with one attached hydrogen (secondary N) is 2. The molecule has 1 saturated heterocycles. The lowest BCUT2D eigenvalue weighted by Crippen LogP contribution is -2.34. The summed E-state index contributed by atoms with van der Waals surface area (Å²) in [5.41, 5.74) is 3.35. The largest absolute Gasteiger partial charge is 0.326 e. The molecule has 1 heterocycles. The molecule has 118 valence electrons. The van der Waals surface area contributed by atoms with Crippen LogP contribution in [-0.4, -0.2) is 38.0 Å². The number of anilines is 1. The highest BCUT2D eigenvalue weighted by Crippen LogP contribution is 2.21. The minimum Gasteiger partial charge on any atom is -0.326 e. The van der Waals surface area contributed by atoms with Crippen LogP contribution in [0.25, 0.3) is 0 Å². The third kappa shape index (κ3) is 5.30. The molecule has 0 unspecified atom stereocenters. The smallest absolute Gasteiger partial charge is 0.227 e. The van der Waals surface area contributed by atoms with Gasteiger partial charge in [-0.2, -0.15) is 0 Å². The predicted molar refractivity (Wildman–Crippen MR) is 90.0 cm³/mol. The number of hydrogen-bond acceptors (Lipinski definition) is 3. The van der Waals surface area contributed by atoms with Crippen molar-refractivity contribution in [1.82, 2.24) is 10.2 Å². The molecule has 5 heteroatoms. The Morgan fingerprint density at radius 1 is 1.33 bits per heavy atom. The average molecular weight is 312 g/mol. The number of benzene rings is 1. The van der Waals surface area contributed by atoms with E-state index in [1.807, 2.05) is 20.2 Å². The summed E-state index contributed by atoms with van der Waals surface area (Å²) in [6, 6.07) is 6.22. The van der Waals surface area contributed by atoms with Crippen molar-refractivity contribution in [2.75, 3.05) is 32.5 Å². The lowest BCUT2D eigenvalue weighted by molar-refractivity contribution is -0.120. The normalized spacial score (nSPS) is 15.6. The molecular weight excluding hydrogens is 286 g/mol. The second-order valence-corrected chi connectivity index (χ2v) is 5.91. The summed E-state index contributed by atoms with van der Waals surface area (Å²) >= 11 is 0. The summed E-state index contributed by atoms with van der Waals surface area (Å²) in [6.07, 6.45) is 1.86. The number of carbonyl (C=O) groups is 1. The Morgan fingerprint density at radius 3 is 2.62 bits per heavy atom. The molecular formula is C16H26ClN3O. The second-order valence-electron chi connectivity index (χ2n) is 5.91. The van der Waals surface area contributed by atoms with E-state index in [0.717, 1.165) is 38.2 Å². The van der Waals surface area contributed by atoms with E-state index in [0.29, 0.717) is 0 Å². The first kappa shape index (κ1) is 18.0. The Labute approximate surface area is 133 Å². The van der Waals surface area contributed by atoms with E-state index in [4.69, 9.17) is 0 Å². The van der Waals surface area contributed by atoms with Gasteiger partial charge >= 0.3 is 0 Å². The number of carbonyl (C=O) groups excluding carboxylic acids is 1. The molecule has 1 fully saturated rings. The molecule has 1 aromatic rings. The van der Waals surface area contributed by atoms with E-state index >= 15 is 0 Å². The van der Waals surface area contributed by atoms with E-state index in [-0.39, 0.29) is 24.2 Å². The van der Waals surface area contributed by atoms with Crippen molar-refractivity contribution in [1.29, 1.82) is 0 Å². The topological polar surface area (TPSA) is 44.4 Å². The average Bonchev–Trinajstić information content (AvgIpc) is 2.42. The summed E-state index contributed by atoms with van der Waals surface area (Å²) in [6.45, 7) is 4.80. The molecule has 1 aliphatic heterocycles. The van der Waals surface area contributed by atoms with Crippen LogP contribution in [0.5, 0.6) is 0 Å². The number of hydrogen-bond donors (Lipinski definition) is 2. The zero-order valence-electron chi connectivity index (χ0n) is 13.1. The van der Waals surface area contributed by atoms with Gasteiger partial charge in [-0.25, -0.2) is 0 Å². The van der Waals surface area contributed by atoms with Gasteiger partial charge in [0.25, 0.3) is 0 Å². The van der Waals surface area contributed by atoms with Crippen LogP contribution in [0.1, 0.15) is 24.0 Å². The Bertz CT molecular complexity index is 471. The van der Waals surface area contributed by atoms with Crippen molar-refractivity contribution in [2.24, 2.45) is 5.92 Å². The van der Waals surface area contributed by atoms with Crippen LogP contribution in [0.15, 0.2) is 18.2 Å². The van der Waals surface area contributed by atoms with Crippen molar-refractivity contribution in [3.05, 3.63) is 29.3 Å². The molecule has 0 bridgehead atoms. The summed E-state index contributed by atoms with van der Waals surface area (Å²) in [4.78, 5) is 14.5. The molecule has 1 aliphatic rings. The minimum atomic E-state index is 0. The Morgan fingerprint density at radius 2 is 2.00 bits per heavy atom. The standard InChI is InChI=1S/C16H25N3O.ClH/c1-12-4-5-15(14(10-12)11-19(2)3)18-16(20)13-6-8-17-9-7-13;/h4-5,10,13,17H,6-9,11H2,1-3H3,(H,18,20);1H. The van der Waals surface area contributed by atoms with E-state index in [1.165, 1.54) is 11.1 Å². The van der Waals surface area contributed by atoms with Gasteiger partial charge in [-0.1, -0.05) is 17.7 Å². The first-order valence-electron chi connectivity index (χ1n) is 7.32. The molecule has 1 aromatic carbocycles. The zero-order chi connectivity index (χ0) is 14.5. The first-order valence-corrected chi connectivity index (χ1v) is 7.32. The van der Waals surface area contributed by atoms with Gasteiger partial charge in [0.2, 0.25) is 5.91 Å². The number of nitrogens with zero attached hydrogens (tertiary/aromatic N) is 1. The Kier molecular flexibility index (Phi) is 7.15. The van der Waals surface area contributed by atoms with E-state index < -0.39 is 0 Å². The third-order valence-corrected chi connectivity index (χ3v) is 3.72. The van der Waals surface area contributed by atoms with Gasteiger partial charge in [-0.05, 0) is 58.6 Å².